The van der Waals surface area contributed by atoms with Crippen molar-refractivity contribution in [2.24, 2.45) is 4.99 Å². The predicted molar refractivity (Wildman–Crippen MR) is 89.5 cm³/mol. The maximum atomic E-state index is 4.89. The quantitative estimate of drug-likeness (QED) is 0.706. The summed E-state index contributed by atoms with van der Waals surface area (Å²) in [4.78, 5) is 11.2. The minimum absolute atomic E-state index is 0.821. The van der Waals surface area contributed by atoms with Crippen molar-refractivity contribution < 1.29 is 0 Å². The van der Waals surface area contributed by atoms with E-state index >= 15 is 0 Å². The second-order valence-electron chi connectivity index (χ2n) is 5.22. The van der Waals surface area contributed by atoms with Crippen molar-refractivity contribution in [3.05, 3.63) is 90.3 Å². The highest BCUT2D eigenvalue weighted by Gasteiger charge is 2.21. The number of aliphatic imine (C=N–C) groups is 1. The summed E-state index contributed by atoms with van der Waals surface area (Å²) < 4.78 is 0. The molecule has 0 atom stereocenters. The molecule has 0 radical (unpaired) electrons. The van der Waals surface area contributed by atoms with Gasteiger partial charge in [0, 0.05) is 23.6 Å². The number of benzene rings is 2. The Morgan fingerprint density at radius 1 is 0.773 bits per heavy atom. The van der Waals surface area contributed by atoms with E-state index in [2.05, 4.69) is 52.3 Å². The number of rotatable bonds is 2. The van der Waals surface area contributed by atoms with Gasteiger partial charge in [-0.2, -0.15) is 0 Å². The van der Waals surface area contributed by atoms with Crippen molar-refractivity contribution in [2.45, 2.75) is 6.54 Å². The summed E-state index contributed by atoms with van der Waals surface area (Å²) in [7, 11) is 0. The van der Waals surface area contributed by atoms with Crippen molar-refractivity contribution in [2.75, 3.05) is 4.90 Å². The van der Waals surface area contributed by atoms with Crippen LogP contribution >= 0.6 is 0 Å². The third-order valence-electron chi connectivity index (χ3n) is 3.81. The lowest BCUT2D eigenvalue weighted by Crippen LogP contribution is -2.33. The topological polar surface area (TPSA) is 28.5 Å². The van der Waals surface area contributed by atoms with E-state index in [1.54, 1.807) is 0 Å². The second-order valence-corrected chi connectivity index (χ2v) is 5.22. The van der Waals surface area contributed by atoms with E-state index in [0.29, 0.717) is 0 Å². The van der Waals surface area contributed by atoms with Crippen LogP contribution < -0.4 is 4.90 Å². The number of hydrogen-bond acceptors (Lipinski definition) is 3. The van der Waals surface area contributed by atoms with Crippen molar-refractivity contribution in [1.29, 1.82) is 0 Å². The third kappa shape index (κ3) is 2.27. The van der Waals surface area contributed by atoms with Gasteiger partial charge < -0.3 is 4.90 Å². The average molecular weight is 285 g/mol. The van der Waals surface area contributed by atoms with Gasteiger partial charge in [0.25, 0.3) is 0 Å². The first kappa shape index (κ1) is 12.8. The highest BCUT2D eigenvalue weighted by Crippen LogP contribution is 2.31. The number of amidine groups is 1. The van der Waals surface area contributed by atoms with Gasteiger partial charge in [-0.1, -0.05) is 36.4 Å². The molecule has 0 amide bonds. The molecule has 4 rings (SSSR count). The Kier molecular flexibility index (Phi) is 3.16. The zero-order valence-corrected chi connectivity index (χ0v) is 12.1. The Bertz CT molecular complexity index is 810. The summed E-state index contributed by atoms with van der Waals surface area (Å²) >= 11 is 0. The van der Waals surface area contributed by atoms with Crippen LogP contribution in [0.5, 0.6) is 0 Å². The van der Waals surface area contributed by atoms with E-state index in [1.165, 1.54) is 5.56 Å². The largest absolute Gasteiger partial charge is 0.321 e. The molecule has 0 saturated heterocycles. The maximum absolute atomic E-state index is 4.89. The molecule has 2 aromatic carbocycles. The molecule has 0 fully saturated rings. The van der Waals surface area contributed by atoms with Gasteiger partial charge in [0.2, 0.25) is 0 Å². The zero-order valence-electron chi connectivity index (χ0n) is 12.1. The minimum Gasteiger partial charge on any atom is -0.321 e. The van der Waals surface area contributed by atoms with E-state index in [-0.39, 0.29) is 0 Å². The summed E-state index contributed by atoms with van der Waals surface area (Å²) in [5.74, 6) is 0.965. The standard InChI is InChI=1S/C19H15N3/c1-2-7-17(8-3-1)22-14-16-6-4-5-9-18(16)21-19(22)15-10-12-20-13-11-15/h1-13H,14H2. The SMILES string of the molecule is c1ccc(N2Cc3ccccc3N=C2c2ccncc2)cc1. The van der Waals surface area contributed by atoms with Crippen LogP contribution in [0.2, 0.25) is 0 Å². The van der Waals surface area contributed by atoms with Gasteiger partial charge in [-0.25, -0.2) is 4.99 Å². The van der Waals surface area contributed by atoms with Crippen LogP contribution in [0.4, 0.5) is 11.4 Å². The first-order chi connectivity index (χ1) is 10.9. The highest BCUT2D eigenvalue weighted by molar-refractivity contribution is 6.12. The Labute approximate surface area is 129 Å². The smallest absolute Gasteiger partial charge is 0.141 e. The Hall–Kier alpha value is -2.94. The lowest BCUT2D eigenvalue weighted by atomic mass is 10.1. The van der Waals surface area contributed by atoms with Gasteiger partial charge in [-0.05, 0) is 35.9 Å². The molecule has 1 aliphatic heterocycles. The van der Waals surface area contributed by atoms with Gasteiger partial charge in [0.1, 0.15) is 5.84 Å². The van der Waals surface area contributed by atoms with Gasteiger partial charge in [0.15, 0.2) is 0 Å². The Morgan fingerprint density at radius 2 is 1.50 bits per heavy atom. The molecular formula is C19H15N3. The number of fused-ring (bicyclic) bond motifs is 1. The van der Waals surface area contributed by atoms with E-state index < -0.39 is 0 Å². The molecule has 1 aromatic heterocycles. The number of aromatic nitrogens is 1. The summed E-state index contributed by atoms with van der Waals surface area (Å²) in [5, 5.41) is 0. The number of para-hydroxylation sites is 2. The molecule has 2 heterocycles. The fourth-order valence-electron chi connectivity index (χ4n) is 2.72. The molecule has 0 spiro atoms. The lowest BCUT2D eigenvalue weighted by Gasteiger charge is -2.30. The van der Waals surface area contributed by atoms with Crippen molar-refractivity contribution in [1.82, 2.24) is 4.98 Å². The normalized spacial score (nSPS) is 13.5. The summed E-state index contributed by atoms with van der Waals surface area (Å²) in [5.41, 5.74) is 4.51. The van der Waals surface area contributed by atoms with Gasteiger partial charge in [0.05, 0.1) is 12.2 Å². The third-order valence-corrected chi connectivity index (χ3v) is 3.81. The van der Waals surface area contributed by atoms with E-state index in [9.17, 15) is 0 Å². The second kappa shape index (κ2) is 5.45. The summed E-state index contributed by atoms with van der Waals surface area (Å²) in [6.07, 6.45) is 3.61. The van der Waals surface area contributed by atoms with Crippen LogP contribution in [0.3, 0.4) is 0 Å². The fraction of sp³-hybridized carbons (Fsp3) is 0.0526. The number of pyridine rings is 1. The Morgan fingerprint density at radius 3 is 2.32 bits per heavy atom. The number of hydrogen-bond donors (Lipinski definition) is 0. The number of nitrogens with zero attached hydrogens (tertiary/aromatic N) is 3. The monoisotopic (exact) mass is 285 g/mol. The Balaban J connectivity index is 1.87. The highest BCUT2D eigenvalue weighted by atomic mass is 15.2. The minimum atomic E-state index is 0.821. The molecule has 0 unspecified atom stereocenters. The molecule has 0 N–H and O–H groups in total. The van der Waals surface area contributed by atoms with Crippen LogP contribution in [0, 0.1) is 0 Å². The van der Waals surface area contributed by atoms with Crippen LogP contribution in [0.25, 0.3) is 0 Å². The van der Waals surface area contributed by atoms with E-state index in [1.807, 2.05) is 36.7 Å². The molecule has 0 saturated carbocycles. The van der Waals surface area contributed by atoms with Crippen LogP contribution in [-0.4, -0.2) is 10.8 Å². The molecule has 3 heteroatoms. The van der Waals surface area contributed by atoms with E-state index in [0.717, 1.165) is 29.3 Å². The van der Waals surface area contributed by atoms with Gasteiger partial charge in [-0.3, -0.25) is 4.98 Å². The molecule has 0 bridgehead atoms. The van der Waals surface area contributed by atoms with Gasteiger partial charge >= 0.3 is 0 Å². The molecular weight excluding hydrogens is 270 g/mol. The molecule has 3 aromatic rings. The van der Waals surface area contributed by atoms with Crippen molar-refractivity contribution >= 4 is 17.2 Å². The molecule has 1 aliphatic rings. The predicted octanol–water partition coefficient (Wildman–Crippen LogP) is 4.18. The molecule has 3 nitrogen and oxygen atoms in total. The maximum Gasteiger partial charge on any atom is 0.141 e. The first-order valence-corrected chi connectivity index (χ1v) is 7.31. The fourth-order valence-corrected chi connectivity index (χ4v) is 2.72. The van der Waals surface area contributed by atoms with Crippen molar-refractivity contribution in [3.63, 3.8) is 0 Å². The van der Waals surface area contributed by atoms with Gasteiger partial charge in [-0.15, -0.1) is 0 Å². The van der Waals surface area contributed by atoms with E-state index in [4.69, 9.17) is 4.99 Å². The summed E-state index contributed by atoms with van der Waals surface area (Å²) in [6.45, 7) is 0.821. The molecule has 106 valence electrons. The molecule has 0 aliphatic carbocycles. The van der Waals surface area contributed by atoms with Crippen molar-refractivity contribution in [3.8, 4) is 0 Å². The molecule has 22 heavy (non-hydrogen) atoms. The summed E-state index contributed by atoms with van der Waals surface area (Å²) in [6, 6.07) is 22.7. The van der Waals surface area contributed by atoms with Crippen LogP contribution in [-0.2, 0) is 6.54 Å². The first-order valence-electron chi connectivity index (χ1n) is 7.31. The lowest BCUT2D eigenvalue weighted by molar-refractivity contribution is 0.977. The zero-order chi connectivity index (χ0) is 14.8. The number of anilines is 1. The van der Waals surface area contributed by atoms with Crippen LogP contribution in [0.1, 0.15) is 11.1 Å². The van der Waals surface area contributed by atoms with Crippen LogP contribution in [0.15, 0.2) is 84.1 Å². The average Bonchev–Trinajstić information content (AvgIpc) is 2.62.